The van der Waals surface area contributed by atoms with Gasteiger partial charge in [-0.05, 0) is 167 Å². The van der Waals surface area contributed by atoms with Crippen LogP contribution in [-0.4, -0.2) is 131 Å². The molecule has 2 spiro atoms. The van der Waals surface area contributed by atoms with E-state index in [1.807, 2.05) is 18.7 Å². The van der Waals surface area contributed by atoms with E-state index in [-0.39, 0.29) is 5.91 Å². The first kappa shape index (κ1) is 42.0. The summed E-state index contributed by atoms with van der Waals surface area (Å²) in [5.74, 6) is 2.05. The molecule has 0 aromatic heterocycles. The molecule has 0 atom stereocenters. The summed E-state index contributed by atoms with van der Waals surface area (Å²) in [6.07, 6.45) is 15.4. The quantitative estimate of drug-likeness (QED) is 0.293. The maximum absolute atomic E-state index is 12.8. The third-order valence-corrected chi connectivity index (χ3v) is 14.6. The van der Waals surface area contributed by atoms with Gasteiger partial charge in [0.25, 0.3) is 0 Å². The highest BCUT2D eigenvalue weighted by atomic mass is 16.3. The van der Waals surface area contributed by atoms with E-state index in [9.17, 15) is 9.90 Å². The minimum atomic E-state index is -0.791. The lowest BCUT2D eigenvalue weighted by molar-refractivity contribution is -0.141. The van der Waals surface area contributed by atoms with Crippen molar-refractivity contribution in [3.05, 3.63) is 0 Å². The van der Waals surface area contributed by atoms with Crippen molar-refractivity contribution in [2.24, 2.45) is 22.7 Å². The molecule has 6 rings (SSSR count). The molecule has 0 aromatic carbocycles. The van der Waals surface area contributed by atoms with Gasteiger partial charge in [-0.2, -0.15) is 0 Å². The first-order chi connectivity index (χ1) is 23.7. The number of piperidine rings is 4. The van der Waals surface area contributed by atoms with Gasteiger partial charge in [0, 0.05) is 63.4 Å². The van der Waals surface area contributed by atoms with Gasteiger partial charge in [0.15, 0.2) is 0 Å². The summed E-state index contributed by atoms with van der Waals surface area (Å²) in [7, 11) is 0. The molecule has 1 N–H and O–H groups in total. The zero-order chi connectivity index (χ0) is 36.7. The molecule has 6 fully saturated rings. The molecule has 5 saturated heterocycles. The minimum Gasteiger partial charge on any atom is -0.389 e. The molecule has 292 valence electrons. The average Bonchev–Trinajstić information content (AvgIpc) is 3.09. The van der Waals surface area contributed by atoms with Crippen LogP contribution < -0.4 is 0 Å². The topological polar surface area (TPSA) is 53.5 Å². The van der Waals surface area contributed by atoms with Gasteiger partial charge in [0.2, 0.25) is 5.91 Å². The minimum absolute atomic E-state index is 0.171. The van der Waals surface area contributed by atoms with E-state index in [0.29, 0.717) is 23.9 Å². The fourth-order valence-electron chi connectivity index (χ4n) is 10.3. The lowest BCUT2D eigenvalue weighted by Gasteiger charge is -2.56. The van der Waals surface area contributed by atoms with Crippen LogP contribution in [0.5, 0.6) is 0 Å². The van der Waals surface area contributed by atoms with E-state index in [4.69, 9.17) is 0 Å². The van der Waals surface area contributed by atoms with E-state index in [2.05, 4.69) is 75.0 Å². The van der Waals surface area contributed by atoms with Gasteiger partial charge in [0.05, 0.1) is 12.0 Å². The van der Waals surface area contributed by atoms with Crippen molar-refractivity contribution in [2.45, 2.75) is 182 Å². The van der Waals surface area contributed by atoms with Crippen LogP contribution >= 0.6 is 0 Å². The Kier molecular flexibility index (Phi) is 15.6. The van der Waals surface area contributed by atoms with E-state index < -0.39 is 5.60 Å². The maximum atomic E-state index is 12.8. The predicted molar refractivity (Wildman–Crippen MR) is 212 cm³/mol. The monoisotopic (exact) mass is 702 g/mol. The van der Waals surface area contributed by atoms with Gasteiger partial charge >= 0.3 is 0 Å². The maximum Gasteiger partial charge on any atom is 0.225 e. The average molecular weight is 702 g/mol. The molecule has 5 heterocycles. The molecular weight excluding hydrogens is 619 g/mol. The fraction of sp³-hybridized carbons (Fsp3) is 0.977. The van der Waals surface area contributed by atoms with E-state index in [0.717, 1.165) is 81.2 Å². The molecule has 7 nitrogen and oxygen atoms in total. The highest BCUT2D eigenvalue weighted by molar-refractivity contribution is 5.77. The number of hydrogen-bond donors (Lipinski definition) is 1. The van der Waals surface area contributed by atoms with Gasteiger partial charge in [-0.3, -0.25) is 9.69 Å². The smallest absolute Gasteiger partial charge is 0.225 e. The normalized spacial score (nSPS) is 27.0. The van der Waals surface area contributed by atoms with Crippen LogP contribution in [-0.2, 0) is 4.79 Å². The largest absolute Gasteiger partial charge is 0.389 e. The summed E-state index contributed by atoms with van der Waals surface area (Å²) in [6, 6.07) is 2.83. The van der Waals surface area contributed by atoms with Crippen molar-refractivity contribution in [3.8, 4) is 0 Å². The summed E-state index contributed by atoms with van der Waals surface area (Å²) in [5.41, 5.74) is 0.388. The third kappa shape index (κ3) is 10.9. The summed E-state index contributed by atoms with van der Waals surface area (Å²) < 4.78 is 0. The lowest BCUT2D eigenvalue weighted by atomic mass is 9.66. The summed E-state index contributed by atoms with van der Waals surface area (Å²) in [4.78, 5) is 25.4. The lowest BCUT2D eigenvalue weighted by Crippen LogP contribution is -2.60. The summed E-state index contributed by atoms with van der Waals surface area (Å²) in [5, 5.41) is 10.9. The molecule has 7 heteroatoms. The van der Waals surface area contributed by atoms with Crippen LogP contribution in [0.3, 0.4) is 0 Å². The molecule has 1 aliphatic carbocycles. The van der Waals surface area contributed by atoms with Gasteiger partial charge < -0.3 is 24.7 Å². The second-order valence-corrected chi connectivity index (χ2v) is 18.9. The van der Waals surface area contributed by atoms with Crippen molar-refractivity contribution in [1.29, 1.82) is 0 Å². The fourth-order valence-corrected chi connectivity index (χ4v) is 10.3. The van der Waals surface area contributed by atoms with Crippen LogP contribution in [0, 0.1) is 22.7 Å². The van der Waals surface area contributed by atoms with Crippen LogP contribution in [0.25, 0.3) is 0 Å². The molecule has 5 aliphatic heterocycles. The second-order valence-electron chi connectivity index (χ2n) is 18.9. The molecule has 0 aromatic rings. The Balaban J connectivity index is 0.000000220. The van der Waals surface area contributed by atoms with Crippen molar-refractivity contribution >= 4 is 5.91 Å². The first-order valence-electron chi connectivity index (χ1n) is 21.7. The van der Waals surface area contributed by atoms with Crippen molar-refractivity contribution in [3.63, 3.8) is 0 Å². The molecule has 1 amide bonds. The van der Waals surface area contributed by atoms with E-state index in [1.165, 1.54) is 90.6 Å². The summed E-state index contributed by atoms with van der Waals surface area (Å²) in [6.45, 7) is 34.0. The number of carbonyl (C=O) groups excluding carboxylic acids is 1. The molecule has 6 aliphatic rings. The Morgan fingerprint density at radius 2 is 1.02 bits per heavy atom. The Morgan fingerprint density at radius 3 is 1.46 bits per heavy atom. The van der Waals surface area contributed by atoms with Gasteiger partial charge in [-0.25, -0.2) is 0 Å². The molecule has 1 saturated carbocycles. The highest BCUT2D eigenvalue weighted by Crippen LogP contribution is 2.46. The Hall–Kier alpha value is -0.730. The highest BCUT2D eigenvalue weighted by Gasteiger charge is 2.46. The zero-order valence-electron chi connectivity index (χ0n) is 34.8. The first-order valence-corrected chi connectivity index (χ1v) is 21.7. The van der Waals surface area contributed by atoms with Gasteiger partial charge in [-0.1, -0.05) is 27.7 Å². The van der Waals surface area contributed by atoms with Crippen molar-refractivity contribution in [2.75, 3.05) is 65.4 Å². The van der Waals surface area contributed by atoms with Crippen LogP contribution in [0.4, 0.5) is 0 Å². The predicted octanol–water partition coefficient (Wildman–Crippen LogP) is 7.76. The van der Waals surface area contributed by atoms with Crippen molar-refractivity contribution < 1.29 is 9.90 Å². The van der Waals surface area contributed by atoms with Gasteiger partial charge in [-0.15, -0.1) is 0 Å². The number of likely N-dealkylation sites (tertiary alicyclic amines) is 5. The van der Waals surface area contributed by atoms with E-state index in [1.54, 1.807) is 0 Å². The number of rotatable bonds is 7. The molecule has 0 radical (unpaired) electrons. The third-order valence-electron chi connectivity index (χ3n) is 14.6. The number of aliphatic hydroxyl groups is 1. The molecule has 0 bridgehead atoms. The van der Waals surface area contributed by atoms with Crippen molar-refractivity contribution in [1.82, 2.24) is 24.5 Å². The number of hydrogen-bond acceptors (Lipinski definition) is 6. The summed E-state index contributed by atoms with van der Waals surface area (Å²) >= 11 is 0. The standard InChI is InChI=1S/C22H41N3O2.C19H36N2.C2H6/c1-18(2)23-11-5-21(6-12-23)7-13-25(14-8-21)20(26)17-22(27)9-15-24(16-10-22)19(3)4;1-15(2)17-7-11-20(12-8-17)18-5-9-19(10-6-18)13-21(14-19)16(3)4;1-2/h18-19,27H,5-17H2,1-4H3;15-18H,5-14H2,1-4H3;1-2H3. The Bertz CT molecular complexity index is 979. The SMILES string of the molecule is CC.CC(C)C1CCN(C2CCC3(CC2)CN(C(C)C)C3)CC1.CC(C)N1CCC(O)(CC(=O)N2CCC3(CC2)CCN(C(C)C)CC3)CC1. The number of amides is 1. The second kappa shape index (κ2) is 18.5. The van der Waals surface area contributed by atoms with Crippen LogP contribution in [0.1, 0.15) is 153 Å². The number of nitrogens with zero attached hydrogens (tertiary/aromatic N) is 5. The molecule has 0 unspecified atom stereocenters. The van der Waals surface area contributed by atoms with Crippen LogP contribution in [0.15, 0.2) is 0 Å². The Morgan fingerprint density at radius 1 is 0.580 bits per heavy atom. The van der Waals surface area contributed by atoms with Crippen LogP contribution in [0.2, 0.25) is 0 Å². The molecule has 50 heavy (non-hydrogen) atoms. The van der Waals surface area contributed by atoms with Gasteiger partial charge in [0.1, 0.15) is 0 Å². The molecular formula is C43H83N5O2. The van der Waals surface area contributed by atoms with E-state index >= 15 is 0 Å². The zero-order valence-corrected chi connectivity index (χ0v) is 34.8. The number of carbonyl (C=O) groups is 1. The Labute approximate surface area is 310 Å².